The van der Waals surface area contributed by atoms with Crippen molar-refractivity contribution < 1.29 is 0 Å². The van der Waals surface area contributed by atoms with Gasteiger partial charge in [0, 0.05) is 237 Å². The van der Waals surface area contributed by atoms with Gasteiger partial charge in [-0.15, -0.1) is 10.2 Å². The Morgan fingerprint density at radius 1 is 0.209 bits per heavy atom. The Morgan fingerprint density at radius 2 is 0.403 bits per heavy atom. The molecule has 16 rings (SSSR count). The first-order valence-electron chi connectivity index (χ1n) is 44.0. The Bertz CT molecular complexity index is 5050. The fraction of sp³-hybridized carbons (Fsp3) is 0.275. The van der Waals surface area contributed by atoms with Gasteiger partial charge in [-0.3, -0.25) is 113 Å². The minimum absolute atomic E-state index is 0.709. The quantitative estimate of drug-likeness (QED) is 0.0346. The number of aromatic nitrogens is 20. The van der Waals surface area contributed by atoms with Crippen LogP contribution in [0.2, 0.25) is 0 Å². The number of hydrogen-bond donors (Lipinski definition) is 0. The summed E-state index contributed by atoms with van der Waals surface area (Å²) < 4.78 is 3.59. The van der Waals surface area contributed by atoms with Crippen molar-refractivity contribution in [2.45, 2.75) is 139 Å². The second-order valence-electron chi connectivity index (χ2n) is 29.9. The van der Waals surface area contributed by atoms with Gasteiger partial charge in [0.15, 0.2) is 0 Å². The number of rotatable bonds is 39. The molecule has 0 aliphatic carbocycles. The van der Waals surface area contributed by atoms with Crippen LogP contribution in [0.15, 0.2) is 354 Å². The van der Waals surface area contributed by atoms with Crippen LogP contribution in [0.4, 0.5) is 0 Å². The Balaban J connectivity index is 0.000000167. The molecule has 16 aromatic rings. The molecule has 16 aromatic heterocycles. The van der Waals surface area contributed by atoms with Crippen LogP contribution >= 0.6 is 0 Å². The summed E-state index contributed by atoms with van der Waals surface area (Å²) in [5.74, 6) is 0. The summed E-state index contributed by atoms with van der Waals surface area (Å²) in [7, 11) is 4.01. The average molecular weight is 1730 g/mol. The summed E-state index contributed by atoms with van der Waals surface area (Å²) in [5, 5.41) is 16.3. The number of aryl methyl sites for hydroxylation is 2. The fourth-order valence-corrected chi connectivity index (χ4v) is 13.4. The molecule has 16 heterocycles. The molecule has 0 atom stereocenters. The van der Waals surface area contributed by atoms with Crippen LogP contribution in [-0.4, -0.2) is 174 Å². The average Bonchev–Trinajstić information content (AvgIpc) is 1.63. The molecule has 0 saturated carbocycles. The topological polar surface area (TPSA) is 265 Å². The van der Waals surface area contributed by atoms with E-state index in [0.717, 1.165) is 222 Å². The van der Waals surface area contributed by atoms with Gasteiger partial charge < -0.3 is 0 Å². The molecular formula is C102H121N27. The summed E-state index contributed by atoms with van der Waals surface area (Å²) in [6.45, 7) is 26.9. The summed E-state index contributed by atoms with van der Waals surface area (Å²) in [6.07, 6.45) is 29.6. The van der Waals surface area contributed by atoms with Crippen molar-refractivity contribution in [3.05, 3.63) is 445 Å². The predicted octanol–water partition coefficient (Wildman–Crippen LogP) is 16.0. The third-order valence-electron chi connectivity index (χ3n) is 19.5. The van der Waals surface area contributed by atoms with Gasteiger partial charge in [-0.1, -0.05) is 123 Å². The summed E-state index contributed by atoms with van der Waals surface area (Å²) in [5.41, 5.74) is 16.7. The monoisotopic (exact) mass is 1720 g/mol. The number of nitrogens with zero attached hydrogens (tertiary/aromatic N) is 27. The van der Waals surface area contributed by atoms with Gasteiger partial charge in [0.2, 0.25) is 0 Å². The minimum Gasteiger partial charge on any atom is -0.299 e. The molecule has 0 radical (unpaired) electrons. The highest BCUT2D eigenvalue weighted by molar-refractivity contribution is 5.16. The third-order valence-corrected chi connectivity index (χ3v) is 19.5. The zero-order valence-corrected chi connectivity index (χ0v) is 75.4. The SMILES string of the molecule is CC.CC.CN(CCN(Cc1ccccn1)Cc1ccccn1)Cc1ccccn1.Cc1cn(CCN(Cc2ccccn2)Cc2ccccn2)nn1.Cn1cc(CN(Cc2ccccn2)Cc2ccccn2)nn1.c1ccc(CN(CCN(Cc2ccccn2)Cc2ccccn2)Cc2ccccn2)nc1.c1ccc(CN(Cc2ccccn2)Cc2ccccn2)nc1. The van der Waals surface area contributed by atoms with Crippen molar-refractivity contribution in [2.24, 2.45) is 7.05 Å². The van der Waals surface area contributed by atoms with Crippen LogP contribution in [0.5, 0.6) is 0 Å². The van der Waals surface area contributed by atoms with Crippen LogP contribution < -0.4 is 0 Å². The van der Waals surface area contributed by atoms with Gasteiger partial charge in [-0.2, -0.15) is 0 Å². The van der Waals surface area contributed by atoms with E-state index in [-0.39, 0.29) is 0 Å². The van der Waals surface area contributed by atoms with Crippen molar-refractivity contribution in [1.82, 2.24) is 134 Å². The van der Waals surface area contributed by atoms with Crippen molar-refractivity contribution in [3.63, 3.8) is 0 Å². The molecule has 664 valence electrons. The molecule has 0 bridgehead atoms. The lowest BCUT2D eigenvalue weighted by atomic mass is 10.2. The highest BCUT2D eigenvalue weighted by Crippen LogP contribution is 2.17. The predicted molar refractivity (Wildman–Crippen MR) is 506 cm³/mol. The zero-order valence-electron chi connectivity index (χ0n) is 75.4. The molecule has 0 saturated heterocycles. The lowest BCUT2D eigenvalue weighted by Gasteiger charge is -2.27. The Labute approximate surface area is 761 Å². The molecule has 0 fully saturated rings. The largest absolute Gasteiger partial charge is 0.299 e. The molecule has 0 aliphatic heterocycles. The molecule has 0 aromatic carbocycles. The highest BCUT2D eigenvalue weighted by Gasteiger charge is 2.18. The van der Waals surface area contributed by atoms with Crippen LogP contribution in [-0.2, 0) is 112 Å². The van der Waals surface area contributed by atoms with E-state index >= 15 is 0 Å². The standard InChI is InChI=1S/C26H28N6.C21H25N5.C18H18N4.C17H20N6.C16H18N6.2C2H6/c1-5-13-27-23(9-1)19-31(20-24-10-2-6-14-28-24)17-18-32(21-25-11-3-7-15-29-25)22-26-12-4-8-16-30-26;1-25(16-19-8-2-5-11-22-19)14-15-26(17-20-9-3-6-12-23-20)18-21-10-4-7-13-24-21;1-4-10-19-16(7-1)13-22(14-17-8-2-5-11-20-17)15-18-9-3-6-12-21-18;1-15-12-23(21-20-15)11-10-22(13-16-6-2-4-8-18-16)14-17-7-3-5-9-19-17;1-21-10-16(19-20-21)13-22(11-14-6-2-4-8-17-14)12-15-7-3-5-9-18-15;2*1-2/h1-16H,17-22H2;2-13H,14-18H2,1H3;1-12H,13-15H2;2-9,12H,10-11,13-14H2,1H3;2-10H,11-13H2,1H3;2*1-2H3. The van der Waals surface area contributed by atoms with E-state index in [0.29, 0.717) is 6.54 Å². The number of pyridine rings is 14. The van der Waals surface area contributed by atoms with Crippen molar-refractivity contribution in [2.75, 3.05) is 39.8 Å². The van der Waals surface area contributed by atoms with Gasteiger partial charge in [-0.25, -0.2) is 0 Å². The minimum atomic E-state index is 0.709. The summed E-state index contributed by atoms with van der Waals surface area (Å²) >= 11 is 0. The molecule has 0 N–H and O–H groups in total. The lowest BCUT2D eigenvalue weighted by Crippen LogP contribution is -2.35. The number of likely N-dealkylation sites (N-methyl/N-ethyl adjacent to an activating group) is 1. The maximum atomic E-state index is 4.53. The van der Waals surface area contributed by atoms with Gasteiger partial charge in [-0.05, 0) is 184 Å². The smallest absolute Gasteiger partial charge is 0.0967 e. The molecule has 0 amide bonds. The van der Waals surface area contributed by atoms with Gasteiger partial charge in [0.1, 0.15) is 0 Å². The molecule has 129 heavy (non-hydrogen) atoms. The first kappa shape index (κ1) is 97.3. The Kier molecular flexibility index (Phi) is 44.0. The van der Waals surface area contributed by atoms with Crippen LogP contribution in [0.3, 0.4) is 0 Å². The second kappa shape index (κ2) is 58.4. The molecule has 27 heteroatoms. The molecule has 0 aliphatic rings. The van der Waals surface area contributed by atoms with E-state index in [1.807, 2.05) is 358 Å². The number of hydrogen-bond acceptors (Lipinski definition) is 25. The first-order valence-corrected chi connectivity index (χ1v) is 44.0. The molecule has 27 nitrogen and oxygen atoms in total. The van der Waals surface area contributed by atoms with E-state index in [1.165, 1.54) is 0 Å². The van der Waals surface area contributed by atoms with Crippen LogP contribution in [0, 0.1) is 6.92 Å². The summed E-state index contributed by atoms with van der Waals surface area (Å²) in [6, 6.07) is 84.3. The Hall–Kier alpha value is -13.9. The summed E-state index contributed by atoms with van der Waals surface area (Å²) in [4.78, 5) is 78.7. The third kappa shape index (κ3) is 39.3. The van der Waals surface area contributed by atoms with E-state index in [4.69, 9.17) is 0 Å². The van der Waals surface area contributed by atoms with Crippen molar-refractivity contribution in [3.8, 4) is 0 Å². The lowest BCUT2D eigenvalue weighted by molar-refractivity contribution is 0.178. The normalized spacial score (nSPS) is 10.8. The molecule has 0 unspecified atom stereocenters. The van der Waals surface area contributed by atoms with Gasteiger partial charge in [0.25, 0.3) is 0 Å². The van der Waals surface area contributed by atoms with Crippen LogP contribution in [0.1, 0.15) is 119 Å². The molecular weight excluding hydrogens is 1600 g/mol. The van der Waals surface area contributed by atoms with Crippen molar-refractivity contribution in [1.29, 1.82) is 0 Å². The van der Waals surface area contributed by atoms with E-state index in [1.54, 1.807) is 4.68 Å². The maximum Gasteiger partial charge on any atom is 0.0967 e. The van der Waals surface area contributed by atoms with Crippen LogP contribution in [0.25, 0.3) is 0 Å². The zero-order chi connectivity index (χ0) is 90.0. The maximum absolute atomic E-state index is 4.53. The van der Waals surface area contributed by atoms with Gasteiger partial charge in [0.05, 0.1) is 97.6 Å². The fourth-order valence-electron chi connectivity index (χ4n) is 13.4. The van der Waals surface area contributed by atoms with E-state index < -0.39 is 0 Å². The second-order valence-corrected chi connectivity index (χ2v) is 29.9. The van der Waals surface area contributed by atoms with E-state index in [2.05, 4.69) is 174 Å². The van der Waals surface area contributed by atoms with Crippen molar-refractivity contribution >= 4 is 0 Å². The highest BCUT2D eigenvalue weighted by atomic mass is 15.4. The Morgan fingerprint density at radius 3 is 0.589 bits per heavy atom. The first-order chi connectivity index (χ1) is 63.6. The van der Waals surface area contributed by atoms with Gasteiger partial charge >= 0.3 is 0 Å². The molecule has 0 spiro atoms. The van der Waals surface area contributed by atoms with E-state index in [9.17, 15) is 0 Å².